The topological polar surface area (TPSA) is 38.7 Å². The lowest BCUT2D eigenvalue weighted by Gasteiger charge is -2.08. The molecule has 1 aromatic carbocycles. The molecule has 0 saturated heterocycles. The van der Waals surface area contributed by atoms with E-state index in [-0.39, 0.29) is 6.54 Å². The zero-order chi connectivity index (χ0) is 10.6. The monoisotopic (exact) mass is 195 g/mol. The van der Waals surface area contributed by atoms with Crippen molar-refractivity contribution in [1.29, 1.82) is 0 Å². The number of nitrogens with zero attached hydrogens (tertiary/aromatic N) is 1. The van der Waals surface area contributed by atoms with Crippen molar-refractivity contribution in [2.45, 2.75) is 13.5 Å². The van der Waals surface area contributed by atoms with E-state index in [2.05, 4.69) is 4.99 Å². The summed E-state index contributed by atoms with van der Waals surface area (Å²) in [6.45, 7) is 1.91. The number of aliphatic imine (C=N–C) groups is 1. The molecule has 0 aliphatic heterocycles. The van der Waals surface area contributed by atoms with Crippen molar-refractivity contribution in [1.82, 2.24) is 0 Å². The predicted molar refractivity (Wildman–Crippen MR) is 49.5 cm³/mol. The zero-order valence-electron chi connectivity index (χ0n) is 8.00. The minimum absolute atomic E-state index is 0.128. The normalized spacial score (nSPS) is 9.36. The van der Waals surface area contributed by atoms with Gasteiger partial charge in [-0.25, -0.2) is 14.2 Å². The molecule has 0 N–H and O–H groups in total. The summed E-state index contributed by atoms with van der Waals surface area (Å²) in [4.78, 5) is 13.3. The van der Waals surface area contributed by atoms with Crippen LogP contribution in [-0.4, -0.2) is 13.2 Å². The van der Waals surface area contributed by atoms with Crippen LogP contribution in [0.1, 0.15) is 11.1 Å². The molecule has 0 atom stereocenters. The molecule has 0 unspecified atom stereocenters. The molecule has 3 nitrogen and oxygen atoms in total. The van der Waals surface area contributed by atoms with Crippen LogP contribution in [0.25, 0.3) is 0 Å². The number of ether oxygens (including phenoxy) is 1. The second kappa shape index (κ2) is 4.53. The van der Waals surface area contributed by atoms with Crippen LogP contribution < -0.4 is 4.74 Å². The molecule has 14 heavy (non-hydrogen) atoms. The van der Waals surface area contributed by atoms with Crippen molar-refractivity contribution in [3.63, 3.8) is 0 Å². The molecular formula is C10H10FNO2. The first-order chi connectivity index (χ1) is 6.69. The van der Waals surface area contributed by atoms with E-state index in [9.17, 15) is 9.18 Å². The third-order valence-corrected chi connectivity index (χ3v) is 1.97. The van der Waals surface area contributed by atoms with Crippen molar-refractivity contribution in [3.8, 4) is 5.75 Å². The number of benzene rings is 1. The summed E-state index contributed by atoms with van der Waals surface area (Å²) in [6, 6.07) is 2.63. The lowest BCUT2D eigenvalue weighted by Crippen LogP contribution is -1.94. The van der Waals surface area contributed by atoms with E-state index in [0.29, 0.717) is 11.3 Å². The van der Waals surface area contributed by atoms with Gasteiger partial charge in [-0.15, -0.1) is 0 Å². The highest BCUT2D eigenvalue weighted by atomic mass is 19.1. The second-order valence-electron chi connectivity index (χ2n) is 2.80. The lowest BCUT2D eigenvalue weighted by molar-refractivity contribution is 0.407. The molecule has 74 valence electrons. The average molecular weight is 195 g/mol. The Morgan fingerprint density at radius 2 is 2.29 bits per heavy atom. The minimum atomic E-state index is -0.399. The van der Waals surface area contributed by atoms with Crippen LogP contribution in [0, 0.1) is 12.7 Å². The Morgan fingerprint density at radius 1 is 1.57 bits per heavy atom. The molecule has 0 spiro atoms. The molecular weight excluding hydrogens is 185 g/mol. The summed E-state index contributed by atoms with van der Waals surface area (Å²) in [6.07, 6.45) is 1.41. The molecule has 1 aromatic rings. The first-order valence-corrected chi connectivity index (χ1v) is 4.05. The first-order valence-electron chi connectivity index (χ1n) is 4.05. The highest BCUT2D eigenvalue weighted by Gasteiger charge is 2.06. The van der Waals surface area contributed by atoms with E-state index in [1.807, 2.05) is 0 Å². The van der Waals surface area contributed by atoms with Gasteiger partial charge < -0.3 is 4.74 Å². The van der Waals surface area contributed by atoms with Crippen molar-refractivity contribution < 1.29 is 13.9 Å². The van der Waals surface area contributed by atoms with E-state index in [1.165, 1.54) is 25.3 Å². The zero-order valence-corrected chi connectivity index (χ0v) is 8.00. The lowest BCUT2D eigenvalue weighted by atomic mass is 10.1. The van der Waals surface area contributed by atoms with Gasteiger partial charge in [-0.05, 0) is 24.1 Å². The Hall–Kier alpha value is -1.67. The average Bonchev–Trinajstić information content (AvgIpc) is 2.18. The van der Waals surface area contributed by atoms with Crippen LogP contribution in [-0.2, 0) is 11.3 Å². The summed E-state index contributed by atoms with van der Waals surface area (Å²) in [7, 11) is 1.47. The number of isocyanates is 1. The number of halogens is 1. The highest BCUT2D eigenvalue weighted by molar-refractivity contribution is 5.41. The van der Waals surface area contributed by atoms with Crippen LogP contribution in [0.2, 0.25) is 0 Å². The Morgan fingerprint density at radius 3 is 2.86 bits per heavy atom. The van der Waals surface area contributed by atoms with Gasteiger partial charge in [0.1, 0.15) is 11.6 Å². The molecule has 0 saturated carbocycles. The molecule has 0 heterocycles. The summed E-state index contributed by atoms with van der Waals surface area (Å²) in [5.74, 6) is 0.0599. The second-order valence-corrected chi connectivity index (χ2v) is 2.80. The van der Waals surface area contributed by atoms with Crippen molar-refractivity contribution >= 4 is 6.08 Å². The highest BCUT2D eigenvalue weighted by Crippen LogP contribution is 2.23. The van der Waals surface area contributed by atoms with Gasteiger partial charge in [-0.1, -0.05) is 0 Å². The van der Waals surface area contributed by atoms with E-state index < -0.39 is 5.82 Å². The summed E-state index contributed by atoms with van der Waals surface area (Å²) >= 11 is 0. The molecule has 0 amide bonds. The van der Waals surface area contributed by atoms with Crippen LogP contribution in [0.3, 0.4) is 0 Å². The molecule has 0 aromatic heterocycles. The Labute approximate surface area is 81.2 Å². The Bertz CT molecular complexity index is 384. The quantitative estimate of drug-likeness (QED) is 0.546. The maximum absolute atomic E-state index is 13.0. The maximum Gasteiger partial charge on any atom is 0.235 e. The number of carbonyl (C=O) groups excluding carboxylic acids is 1. The van der Waals surface area contributed by atoms with E-state index in [0.717, 1.165) is 5.56 Å². The maximum atomic E-state index is 13.0. The van der Waals surface area contributed by atoms with Gasteiger partial charge >= 0.3 is 0 Å². The van der Waals surface area contributed by atoms with Gasteiger partial charge in [-0.2, -0.15) is 0 Å². The molecule has 0 radical (unpaired) electrons. The number of methoxy groups -OCH3 is 1. The van der Waals surface area contributed by atoms with E-state index >= 15 is 0 Å². The summed E-state index contributed by atoms with van der Waals surface area (Å²) in [5, 5.41) is 0. The fourth-order valence-corrected chi connectivity index (χ4v) is 1.20. The Balaban J connectivity index is 3.14. The first kappa shape index (κ1) is 10.4. The molecule has 4 heteroatoms. The van der Waals surface area contributed by atoms with Gasteiger partial charge in [-0.3, -0.25) is 0 Å². The smallest absolute Gasteiger partial charge is 0.235 e. The van der Waals surface area contributed by atoms with E-state index in [4.69, 9.17) is 4.74 Å². The third-order valence-electron chi connectivity index (χ3n) is 1.97. The minimum Gasteiger partial charge on any atom is -0.496 e. The van der Waals surface area contributed by atoms with Crippen molar-refractivity contribution in [2.24, 2.45) is 4.99 Å². The fraction of sp³-hybridized carbons (Fsp3) is 0.300. The molecule has 0 bridgehead atoms. The van der Waals surface area contributed by atoms with Gasteiger partial charge in [0, 0.05) is 6.07 Å². The van der Waals surface area contributed by atoms with Crippen molar-refractivity contribution in [2.75, 3.05) is 7.11 Å². The van der Waals surface area contributed by atoms with Gasteiger partial charge in [0.05, 0.1) is 13.7 Å². The Kier molecular flexibility index (Phi) is 3.37. The summed E-state index contributed by atoms with van der Waals surface area (Å²) < 4.78 is 18.0. The van der Waals surface area contributed by atoms with Gasteiger partial charge in [0.15, 0.2) is 0 Å². The number of hydrogen-bond donors (Lipinski definition) is 0. The largest absolute Gasteiger partial charge is 0.496 e. The fourth-order valence-electron chi connectivity index (χ4n) is 1.20. The van der Waals surface area contributed by atoms with Crippen LogP contribution in [0.5, 0.6) is 5.75 Å². The van der Waals surface area contributed by atoms with Crippen molar-refractivity contribution in [3.05, 3.63) is 29.1 Å². The number of hydrogen-bond acceptors (Lipinski definition) is 3. The predicted octanol–water partition coefficient (Wildman–Crippen LogP) is 1.98. The van der Waals surface area contributed by atoms with E-state index in [1.54, 1.807) is 6.92 Å². The van der Waals surface area contributed by atoms with Gasteiger partial charge in [0.2, 0.25) is 6.08 Å². The molecule has 0 fully saturated rings. The molecule has 1 rings (SSSR count). The molecule has 0 aliphatic carbocycles. The molecule has 0 aliphatic rings. The number of rotatable bonds is 3. The van der Waals surface area contributed by atoms with Crippen LogP contribution in [0.4, 0.5) is 4.39 Å². The van der Waals surface area contributed by atoms with Gasteiger partial charge in [0.25, 0.3) is 0 Å². The summed E-state index contributed by atoms with van der Waals surface area (Å²) in [5.41, 5.74) is 1.41. The standard InChI is InChI=1S/C10H10FNO2/c1-7-8(5-12-6-13)3-9(11)4-10(7)14-2/h3-4H,5H2,1-2H3. The third kappa shape index (κ3) is 2.18. The SMILES string of the molecule is COc1cc(F)cc(CN=C=O)c1C. The van der Waals surface area contributed by atoms with Crippen LogP contribution >= 0.6 is 0 Å². The van der Waals surface area contributed by atoms with Crippen LogP contribution in [0.15, 0.2) is 17.1 Å².